The Hall–Kier alpha value is -1.39. The number of anilines is 1. The number of amides is 1. The molecule has 1 saturated heterocycles. The molecule has 20 heavy (non-hydrogen) atoms. The molecule has 1 aliphatic rings. The lowest BCUT2D eigenvalue weighted by Crippen LogP contribution is -2.46. The van der Waals surface area contributed by atoms with Crippen molar-refractivity contribution in [2.24, 2.45) is 0 Å². The highest BCUT2D eigenvalue weighted by Crippen LogP contribution is 2.19. The van der Waals surface area contributed by atoms with Crippen LogP contribution in [-0.4, -0.2) is 43.5 Å². The van der Waals surface area contributed by atoms with Crippen LogP contribution >= 0.6 is 0 Å². The van der Waals surface area contributed by atoms with Crippen LogP contribution < -0.4 is 10.6 Å². The maximum Gasteiger partial charge on any atom is 0.238 e. The van der Waals surface area contributed by atoms with Gasteiger partial charge in [-0.1, -0.05) is 18.2 Å². The van der Waals surface area contributed by atoms with Crippen LogP contribution in [0, 0.1) is 13.8 Å². The first kappa shape index (κ1) is 15.0. The Morgan fingerprint density at radius 2 is 2.05 bits per heavy atom. The van der Waals surface area contributed by atoms with E-state index < -0.39 is 0 Å². The van der Waals surface area contributed by atoms with Crippen molar-refractivity contribution < 1.29 is 4.79 Å². The summed E-state index contributed by atoms with van der Waals surface area (Å²) in [6.45, 7) is 6.50. The highest BCUT2D eigenvalue weighted by Gasteiger charge is 2.20. The average Bonchev–Trinajstić information content (AvgIpc) is 2.43. The quantitative estimate of drug-likeness (QED) is 0.882. The summed E-state index contributed by atoms with van der Waals surface area (Å²) < 4.78 is 0. The third-order valence-corrected chi connectivity index (χ3v) is 4.03. The number of hydrogen-bond acceptors (Lipinski definition) is 3. The number of hydrogen-bond donors (Lipinski definition) is 2. The largest absolute Gasteiger partial charge is 0.324 e. The molecule has 0 radical (unpaired) electrons. The molecule has 2 rings (SSSR count). The number of carbonyl (C=O) groups is 1. The third-order valence-electron chi connectivity index (χ3n) is 4.03. The zero-order valence-electron chi connectivity index (χ0n) is 12.7. The number of carbonyl (C=O) groups excluding carboxylic acids is 1. The van der Waals surface area contributed by atoms with Crippen molar-refractivity contribution in [1.29, 1.82) is 0 Å². The topological polar surface area (TPSA) is 44.4 Å². The van der Waals surface area contributed by atoms with Crippen LogP contribution in [0.25, 0.3) is 0 Å². The zero-order chi connectivity index (χ0) is 14.5. The van der Waals surface area contributed by atoms with Crippen molar-refractivity contribution >= 4 is 11.6 Å². The predicted molar refractivity (Wildman–Crippen MR) is 83.1 cm³/mol. The summed E-state index contributed by atoms with van der Waals surface area (Å²) in [5, 5.41) is 6.36. The van der Waals surface area contributed by atoms with Gasteiger partial charge < -0.3 is 10.6 Å². The van der Waals surface area contributed by atoms with Gasteiger partial charge in [0.25, 0.3) is 0 Å². The summed E-state index contributed by atoms with van der Waals surface area (Å²) >= 11 is 0. The monoisotopic (exact) mass is 275 g/mol. The second-order valence-electron chi connectivity index (χ2n) is 5.68. The zero-order valence-corrected chi connectivity index (χ0v) is 12.7. The first-order valence-corrected chi connectivity index (χ1v) is 7.36. The number of rotatable bonds is 4. The fraction of sp³-hybridized carbons (Fsp3) is 0.562. The average molecular weight is 275 g/mol. The van der Waals surface area contributed by atoms with E-state index in [1.54, 1.807) is 0 Å². The van der Waals surface area contributed by atoms with Gasteiger partial charge in [0.05, 0.1) is 6.54 Å². The highest BCUT2D eigenvalue weighted by atomic mass is 16.2. The molecule has 1 atom stereocenters. The van der Waals surface area contributed by atoms with Crippen LogP contribution in [0.5, 0.6) is 0 Å². The van der Waals surface area contributed by atoms with Gasteiger partial charge in [-0.3, -0.25) is 9.69 Å². The van der Waals surface area contributed by atoms with Gasteiger partial charge in [-0.25, -0.2) is 0 Å². The molecule has 4 nitrogen and oxygen atoms in total. The standard InChI is InChI=1S/C16H25N3O/c1-12-6-4-7-13(2)16(12)18-15(20)11-19-9-5-8-14(10-19)17-3/h4,6-7,14,17H,5,8-11H2,1-3H3,(H,18,20). The Morgan fingerprint density at radius 1 is 1.35 bits per heavy atom. The second kappa shape index (κ2) is 6.86. The highest BCUT2D eigenvalue weighted by molar-refractivity contribution is 5.93. The SMILES string of the molecule is CNC1CCCN(CC(=O)Nc2c(C)cccc2C)C1. The van der Waals surface area contributed by atoms with Gasteiger partial charge >= 0.3 is 0 Å². The molecule has 0 bridgehead atoms. The first-order chi connectivity index (χ1) is 9.60. The molecule has 1 aromatic carbocycles. The first-order valence-electron chi connectivity index (χ1n) is 7.36. The number of likely N-dealkylation sites (N-methyl/N-ethyl adjacent to an activating group) is 1. The van der Waals surface area contributed by atoms with Crippen LogP contribution in [-0.2, 0) is 4.79 Å². The molecule has 1 aliphatic heterocycles. The lowest BCUT2D eigenvalue weighted by Gasteiger charge is -2.32. The minimum atomic E-state index is 0.0825. The summed E-state index contributed by atoms with van der Waals surface area (Å²) in [6.07, 6.45) is 2.35. The van der Waals surface area contributed by atoms with Gasteiger partial charge in [0.1, 0.15) is 0 Å². The lowest BCUT2D eigenvalue weighted by molar-refractivity contribution is -0.117. The van der Waals surface area contributed by atoms with Gasteiger partial charge in [-0.15, -0.1) is 0 Å². The van der Waals surface area contributed by atoms with Gasteiger partial charge in [-0.05, 0) is 51.4 Å². The van der Waals surface area contributed by atoms with E-state index in [9.17, 15) is 4.79 Å². The Morgan fingerprint density at radius 3 is 2.70 bits per heavy atom. The van der Waals surface area contributed by atoms with Crippen molar-refractivity contribution in [3.63, 3.8) is 0 Å². The van der Waals surface area contributed by atoms with Crippen LogP contribution in [0.15, 0.2) is 18.2 Å². The molecule has 1 aromatic rings. The van der Waals surface area contributed by atoms with Crippen LogP contribution in [0.1, 0.15) is 24.0 Å². The van der Waals surface area contributed by atoms with Crippen molar-refractivity contribution in [3.05, 3.63) is 29.3 Å². The Kier molecular flexibility index (Phi) is 5.15. The number of piperidine rings is 1. The summed E-state index contributed by atoms with van der Waals surface area (Å²) in [5.74, 6) is 0.0825. The molecule has 1 unspecified atom stereocenters. The summed E-state index contributed by atoms with van der Waals surface area (Å²) in [4.78, 5) is 14.4. The number of aryl methyl sites for hydroxylation is 2. The fourth-order valence-corrected chi connectivity index (χ4v) is 2.83. The summed E-state index contributed by atoms with van der Waals surface area (Å²) in [6, 6.07) is 6.58. The van der Waals surface area contributed by atoms with Crippen LogP contribution in [0.2, 0.25) is 0 Å². The number of likely N-dealkylation sites (tertiary alicyclic amines) is 1. The molecule has 1 heterocycles. The molecule has 0 saturated carbocycles. The fourth-order valence-electron chi connectivity index (χ4n) is 2.83. The molecule has 0 spiro atoms. The molecule has 110 valence electrons. The maximum absolute atomic E-state index is 12.2. The Labute approximate surface area is 121 Å². The molecular formula is C16H25N3O. The third kappa shape index (κ3) is 3.81. The summed E-state index contributed by atoms with van der Waals surface area (Å²) in [5.41, 5.74) is 3.19. The molecule has 1 fully saturated rings. The molecule has 2 N–H and O–H groups in total. The van der Waals surface area contributed by atoms with E-state index in [1.165, 1.54) is 6.42 Å². The maximum atomic E-state index is 12.2. The van der Waals surface area contributed by atoms with Gasteiger partial charge in [-0.2, -0.15) is 0 Å². The van der Waals surface area contributed by atoms with Crippen molar-refractivity contribution in [3.8, 4) is 0 Å². The summed E-state index contributed by atoms with van der Waals surface area (Å²) in [7, 11) is 1.99. The Bertz CT molecular complexity index is 453. The molecule has 1 amide bonds. The van der Waals surface area contributed by atoms with E-state index >= 15 is 0 Å². The molecule has 0 aliphatic carbocycles. The van der Waals surface area contributed by atoms with Crippen molar-refractivity contribution in [1.82, 2.24) is 10.2 Å². The molecule has 0 aromatic heterocycles. The normalized spacial score (nSPS) is 19.9. The molecule has 4 heteroatoms. The van der Waals surface area contributed by atoms with Gasteiger partial charge in [0.15, 0.2) is 0 Å². The second-order valence-corrected chi connectivity index (χ2v) is 5.68. The van der Waals surface area contributed by atoms with E-state index in [0.29, 0.717) is 12.6 Å². The number of benzene rings is 1. The number of nitrogens with one attached hydrogen (secondary N) is 2. The smallest absolute Gasteiger partial charge is 0.238 e. The van der Waals surface area contributed by atoms with Gasteiger partial charge in [0, 0.05) is 18.3 Å². The van der Waals surface area contributed by atoms with E-state index in [4.69, 9.17) is 0 Å². The number of nitrogens with zero attached hydrogens (tertiary/aromatic N) is 1. The Balaban J connectivity index is 1.92. The van der Waals surface area contributed by atoms with E-state index in [-0.39, 0.29) is 5.91 Å². The predicted octanol–water partition coefficient (Wildman–Crippen LogP) is 1.93. The minimum absolute atomic E-state index is 0.0825. The van der Waals surface area contributed by atoms with Crippen molar-refractivity contribution in [2.75, 3.05) is 32.0 Å². The van der Waals surface area contributed by atoms with Crippen LogP contribution in [0.3, 0.4) is 0 Å². The van der Waals surface area contributed by atoms with Crippen molar-refractivity contribution in [2.45, 2.75) is 32.7 Å². The lowest BCUT2D eigenvalue weighted by atomic mass is 10.1. The number of para-hydroxylation sites is 1. The van der Waals surface area contributed by atoms with E-state index in [2.05, 4.69) is 15.5 Å². The van der Waals surface area contributed by atoms with E-state index in [0.717, 1.165) is 36.3 Å². The minimum Gasteiger partial charge on any atom is -0.324 e. The van der Waals surface area contributed by atoms with Crippen LogP contribution in [0.4, 0.5) is 5.69 Å². The molecular weight excluding hydrogens is 250 g/mol. The van der Waals surface area contributed by atoms with Gasteiger partial charge in [0.2, 0.25) is 5.91 Å². The van der Waals surface area contributed by atoms with E-state index in [1.807, 2.05) is 39.1 Å².